The molecule has 0 saturated heterocycles. The minimum Gasteiger partial charge on any atom is -0.481 e. The van der Waals surface area contributed by atoms with Gasteiger partial charge in [0.2, 0.25) is 0 Å². The van der Waals surface area contributed by atoms with E-state index in [-0.39, 0.29) is 78.4 Å². The average Bonchev–Trinajstić information content (AvgIpc) is 1.63. The summed E-state index contributed by atoms with van der Waals surface area (Å²) in [4.78, 5) is 148. The molecule has 10 aromatic rings. The lowest BCUT2D eigenvalue weighted by atomic mass is 10.0. The number of esters is 9. The average molecular weight is 1720 g/mol. The lowest BCUT2D eigenvalue weighted by Crippen LogP contribution is -2.24. The van der Waals surface area contributed by atoms with Gasteiger partial charge in [-0.25, -0.2) is 38.4 Å². The van der Waals surface area contributed by atoms with Crippen LogP contribution in [0.4, 0.5) is 0 Å². The van der Waals surface area contributed by atoms with Crippen molar-refractivity contribution in [2.45, 2.75) is 130 Å². The summed E-state index contributed by atoms with van der Waals surface area (Å²) < 4.78 is 70.3. The monoisotopic (exact) mass is 1720 g/mol. The van der Waals surface area contributed by atoms with Crippen molar-refractivity contribution in [3.05, 3.63) is 209 Å². The number of methoxy groups -OCH3 is 8. The minimum atomic E-state index is -2.15. The summed E-state index contributed by atoms with van der Waals surface area (Å²) in [6.45, 7) is 11.6. The number of H-pyrrole nitrogens is 1. The zero-order valence-electron chi connectivity index (χ0n) is 71.6. The molecule has 14 heterocycles. The molecule has 0 amide bonds. The summed E-state index contributed by atoms with van der Waals surface area (Å²) in [7, 11) is 12.5. The van der Waals surface area contributed by atoms with Crippen LogP contribution in [0.25, 0.3) is 28.1 Å². The number of carbonyl (C=O) groups is 13. The number of aliphatic carboxylic acids is 1. The number of ether oxygens (including phenoxy) is 9. The largest absolute Gasteiger partial charge is 0.481 e. The molecule has 37 heteroatoms. The van der Waals surface area contributed by atoms with Crippen LogP contribution in [-0.4, -0.2) is 223 Å². The number of carboxylic acids is 1. The normalized spacial score (nSPS) is 12.6. The van der Waals surface area contributed by atoms with Crippen LogP contribution in [0.3, 0.4) is 0 Å². The number of nitrogens with zero attached hydrogens (tertiary/aromatic N) is 11. The number of aryl methyl sites for hydroxylation is 10. The zero-order valence-corrected chi connectivity index (χ0v) is 72.4. The number of carboxylic acid groups (broad SMARTS) is 1. The second kappa shape index (κ2) is 45.0. The third-order valence-electron chi connectivity index (χ3n) is 18.7. The van der Waals surface area contributed by atoms with Gasteiger partial charge in [-0.05, 0) is 85.7 Å². The molecule has 123 heavy (non-hydrogen) atoms. The van der Waals surface area contributed by atoms with Crippen LogP contribution in [0.15, 0.2) is 141 Å². The highest BCUT2D eigenvalue weighted by atomic mass is 32.2. The number of carbonyl (C=O) groups excluding carboxylic acids is 12. The number of hydrogen-bond acceptors (Lipinski definition) is 25. The van der Waals surface area contributed by atoms with Gasteiger partial charge in [-0.1, -0.05) is 6.08 Å². The highest BCUT2D eigenvalue weighted by Gasteiger charge is 2.27. The van der Waals surface area contributed by atoms with E-state index in [1.54, 1.807) is 118 Å². The number of fused-ring (bicyclic) bond motifs is 8. The SMILES string of the molecule is CC=C1C(=O)CCn2cc(C(=O)OC)cc21.COC(=O)c1cc2n(c1)CCC(=O)C2.COC(=O)c1cc2n(c1)CCc1c-2cnn1C.COC(=O)c1cc2n(c1)CCc1nn(C)cc1-2.COC(=O)c1cc[nH]c1.COC(=O)c1ccn(CCC(=O)C=S(C)(C)=O)c1.COC(=O)c1ccn(CCC(=O)O)c1.COC(=O)c1ccn(CCC(=O)OC(C)(C)C)c1. The van der Waals surface area contributed by atoms with Crippen molar-refractivity contribution >= 4 is 97.5 Å². The predicted molar refractivity (Wildman–Crippen MR) is 449 cm³/mol. The molecule has 4 aliphatic heterocycles. The van der Waals surface area contributed by atoms with Gasteiger partial charge < -0.3 is 84.7 Å². The number of allylic oxidation sites excluding steroid dienone is 2. The molecule has 0 bridgehead atoms. The number of nitrogens with one attached hydrogen (secondary N) is 1. The fourth-order valence-electron chi connectivity index (χ4n) is 12.8. The maximum absolute atomic E-state index is 11.6. The minimum absolute atomic E-state index is 0.0370. The molecule has 658 valence electrons. The van der Waals surface area contributed by atoms with E-state index in [2.05, 4.69) is 52.7 Å². The Hall–Kier alpha value is -13.9. The molecular formula is C86H104N12O24S. The summed E-state index contributed by atoms with van der Waals surface area (Å²) in [5, 5.41) is 18.4. The summed E-state index contributed by atoms with van der Waals surface area (Å²) in [6.07, 6.45) is 32.9. The van der Waals surface area contributed by atoms with Gasteiger partial charge in [-0.15, -0.1) is 0 Å². The van der Waals surface area contributed by atoms with Gasteiger partial charge in [-0.2, -0.15) is 10.2 Å². The van der Waals surface area contributed by atoms with Crippen molar-refractivity contribution < 1.29 is 114 Å². The molecule has 2 N–H and O–H groups in total. The molecule has 0 aliphatic carbocycles. The second-order valence-electron chi connectivity index (χ2n) is 29.0. The molecule has 0 spiro atoms. The number of aromatic amines is 1. The van der Waals surface area contributed by atoms with Crippen LogP contribution < -0.4 is 0 Å². The standard InChI is InChI=1S/C13H19NO4.2C12H13N3O2.C12H17NO4S.C12H13NO3.C10H11NO3.C9H11NO4.C6H7NO2/c1-13(2,3)18-11(15)6-8-14-7-5-10(9-14)12(16)17-4;1-14-10-3-4-15-7-8(12(16)17-2)5-11(15)9(10)6-13-14;1-14-7-9-10(13-14)3-4-15-6-8(5-11(9)15)12(16)17-2;1-17-12(15)10-4-6-13(8-10)7-5-11(14)9-18(2,3)16;1-3-9-10-6-8(12(15)16-2)7-13(10)5-4-11(9)14;1-14-10(13)7-4-8-5-9(12)2-3-11(8)6-7;1-14-9(13)7-2-4-10(6-7)5-3-8(11)12;1-9-6(8)5-2-3-7-4-5/h5,7,9H,6,8H2,1-4H3;2*5-7H,3-4H2,1-2H3;4,6,8-9H,5,7H2,1-3H3;3,6-7H,4-5H2,1-2H3;4,6H,2-3,5H2,1H3;2,4,6H,3,5H2,1H3,(H,11,12);2-4,7H,1H3. The molecule has 4 aliphatic rings. The third kappa shape index (κ3) is 28.1. The van der Waals surface area contributed by atoms with Gasteiger partial charge in [0.1, 0.15) is 11.4 Å². The first-order valence-corrected chi connectivity index (χ1v) is 40.9. The summed E-state index contributed by atoms with van der Waals surface area (Å²) in [5.41, 5.74) is 12.6. The Bertz CT molecular complexity index is 5540. The Morgan fingerprint density at radius 2 is 0.927 bits per heavy atom. The van der Waals surface area contributed by atoms with Gasteiger partial charge in [0.05, 0.1) is 143 Å². The van der Waals surface area contributed by atoms with E-state index in [0.717, 1.165) is 65.5 Å². The molecule has 0 atom stereocenters. The smallest absolute Gasteiger partial charge is 0.339 e. The topological polar surface area (TPSA) is 428 Å². The highest BCUT2D eigenvalue weighted by Crippen LogP contribution is 2.33. The van der Waals surface area contributed by atoms with E-state index < -0.39 is 33.0 Å². The highest BCUT2D eigenvalue weighted by molar-refractivity contribution is 8.01. The molecule has 0 aromatic carbocycles. The van der Waals surface area contributed by atoms with Crippen molar-refractivity contribution in [1.82, 2.24) is 56.5 Å². The van der Waals surface area contributed by atoms with Gasteiger partial charge in [0, 0.05) is 225 Å². The van der Waals surface area contributed by atoms with Crippen LogP contribution in [0.2, 0.25) is 0 Å². The summed E-state index contributed by atoms with van der Waals surface area (Å²) >= 11 is 0. The number of hydrogen-bond donors (Lipinski definition) is 2. The Kier molecular flexibility index (Phi) is 35.2. The first-order valence-electron chi connectivity index (χ1n) is 38.4. The molecular weight excluding hydrogens is 1620 g/mol. The van der Waals surface area contributed by atoms with E-state index >= 15 is 0 Å². The van der Waals surface area contributed by atoms with Crippen molar-refractivity contribution in [1.29, 1.82) is 0 Å². The Morgan fingerprint density at radius 3 is 1.39 bits per heavy atom. The molecule has 0 radical (unpaired) electrons. The second-order valence-corrected chi connectivity index (χ2v) is 31.9. The van der Waals surface area contributed by atoms with Gasteiger partial charge in [0.25, 0.3) is 0 Å². The van der Waals surface area contributed by atoms with Gasteiger partial charge in [0.15, 0.2) is 11.6 Å². The van der Waals surface area contributed by atoms with E-state index in [4.69, 9.17) is 19.3 Å². The van der Waals surface area contributed by atoms with Crippen LogP contribution in [0.1, 0.15) is 165 Å². The van der Waals surface area contributed by atoms with E-state index in [1.807, 2.05) is 97.2 Å². The van der Waals surface area contributed by atoms with Crippen LogP contribution in [-0.2, 0) is 155 Å². The fourth-order valence-corrected chi connectivity index (χ4v) is 13.5. The molecule has 0 unspecified atom stereocenters. The van der Waals surface area contributed by atoms with E-state index in [9.17, 15) is 66.5 Å². The van der Waals surface area contributed by atoms with E-state index in [0.29, 0.717) is 102 Å². The number of ketones is 3. The zero-order chi connectivity index (χ0) is 90.6. The Balaban J connectivity index is 0.000000194. The van der Waals surface area contributed by atoms with Crippen LogP contribution in [0, 0.1) is 0 Å². The molecule has 10 aromatic heterocycles. The number of aromatic nitrogens is 12. The van der Waals surface area contributed by atoms with Crippen molar-refractivity contribution in [3.8, 4) is 22.5 Å². The first kappa shape index (κ1) is 96.3. The molecule has 14 rings (SSSR count). The number of rotatable bonds is 18. The fraction of sp³-hybridized carbons (Fsp3) is 0.372. The lowest BCUT2D eigenvalue weighted by Gasteiger charge is -2.19. The number of Topliss-reactive ketones (excluding diaryl/α,β-unsaturated/α-hetero) is 3. The maximum atomic E-state index is 11.6. The summed E-state index contributed by atoms with van der Waals surface area (Å²) in [6, 6.07) is 13.7. The van der Waals surface area contributed by atoms with Gasteiger partial charge in [-0.3, -0.25) is 37.5 Å². The van der Waals surface area contributed by atoms with Crippen LogP contribution in [0.5, 0.6) is 0 Å². The Morgan fingerprint density at radius 1 is 0.504 bits per heavy atom. The third-order valence-corrected chi connectivity index (χ3v) is 19.5. The lowest BCUT2D eigenvalue weighted by molar-refractivity contribution is -0.155. The van der Waals surface area contributed by atoms with Gasteiger partial charge >= 0.3 is 59.7 Å². The van der Waals surface area contributed by atoms with Crippen molar-refractivity contribution in [2.75, 3.05) is 69.4 Å². The molecule has 36 nitrogen and oxygen atoms in total. The van der Waals surface area contributed by atoms with Crippen molar-refractivity contribution in [3.63, 3.8) is 0 Å². The molecule has 0 fully saturated rings. The quantitative estimate of drug-likeness (QED) is 0.0350. The summed E-state index contributed by atoms with van der Waals surface area (Å²) in [5.74, 6) is -3.74. The maximum Gasteiger partial charge on any atom is 0.339 e. The van der Waals surface area contributed by atoms with Crippen molar-refractivity contribution in [2.24, 2.45) is 14.1 Å². The Labute approximate surface area is 710 Å². The van der Waals surface area contributed by atoms with E-state index in [1.165, 1.54) is 80.5 Å². The predicted octanol–water partition coefficient (Wildman–Crippen LogP) is 9.04. The first-order chi connectivity index (χ1) is 58.4. The molecule has 0 saturated carbocycles. The van der Waals surface area contributed by atoms with Crippen LogP contribution >= 0.6 is 0 Å².